The second-order valence-electron chi connectivity index (χ2n) is 4.63. The summed E-state index contributed by atoms with van der Waals surface area (Å²) in [6, 6.07) is 16.0. The lowest BCUT2D eigenvalue weighted by Gasteiger charge is -2.10. The summed E-state index contributed by atoms with van der Waals surface area (Å²) in [6.07, 6.45) is 0. The van der Waals surface area contributed by atoms with E-state index in [1.165, 1.54) is 7.11 Å². The maximum Gasteiger partial charge on any atom is 0.258 e. The van der Waals surface area contributed by atoms with Gasteiger partial charge in [-0.15, -0.1) is 0 Å². The van der Waals surface area contributed by atoms with Crippen molar-refractivity contribution in [1.82, 2.24) is 5.32 Å². The van der Waals surface area contributed by atoms with Crippen LogP contribution >= 0.6 is 0 Å². The van der Waals surface area contributed by atoms with Crippen LogP contribution in [-0.2, 0) is 9.59 Å². The summed E-state index contributed by atoms with van der Waals surface area (Å²) < 4.78 is 10.4. The van der Waals surface area contributed by atoms with Crippen molar-refractivity contribution < 1.29 is 19.1 Å². The quantitative estimate of drug-likeness (QED) is 0.817. The molecule has 0 aliphatic rings. The van der Waals surface area contributed by atoms with E-state index in [1.54, 1.807) is 36.4 Å². The Hall–Kier alpha value is -3.02. The zero-order valence-electron chi connectivity index (χ0n) is 12.7. The maximum absolute atomic E-state index is 11.8. The predicted octanol–water partition coefficient (Wildman–Crippen LogP) is 1.83. The number of benzene rings is 2. The van der Waals surface area contributed by atoms with Gasteiger partial charge in [0.05, 0.1) is 19.3 Å². The third-order valence-electron chi connectivity index (χ3n) is 2.94. The maximum atomic E-state index is 11.8. The van der Waals surface area contributed by atoms with E-state index in [9.17, 15) is 9.59 Å². The Morgan fingerprint density at radius 1 is 0.957 bits per heavy atom. The number of carbonyl (C=O) groups is 2. The molecule has 0 unspecified atom stereocenters. The molecule has 0 heterocycles. The molecule has 0 aliphatic carbocycles. The van der Waals surface area contributed by atoms with Crippen LogP contribution in [0.4, 0.5) is 5.69 Å². The van der Waals surface area contributed by atoms with Crippen molar-refractivity contribution >= 4 is 17.5 Å². The first-order valence-electron chi connectivity index (χ1n) is 7.06. The van der Waals surface area contributed by atoms with E-state index in [4.69, 9.17) is 9.47 Å². The van der Waals surface area contributed by atoms with Gasteiger partial charge in [0.25, 0.3) is 5.91 Å². The molecule has 2 aromatic rings. The van der Waals surface area contributed by atoms with Crippen LogP contribution in [0.3, 0.4) is 0 Å². The Kier molecular flexibility index (Phi) is 5.99. The number of rotatable bonds is 7. The minimum absolute atomic E-state index is 0.144. The highest BCUT2D eigenvalue weighted by molar-refractivity contribution is 5.95. The Morgan fingerprint density at radius 3 is 2.39 bits per heavy atom. The molecule has 2 aromatic carbocycles. The van der Waals surface area contributed by atoms with Gasteiger partial charge in [-0.2, -0.15) is 0 Å². The van der Waals surface area contributed by atoms with Crippen LogP contribution in [0.2, 0.25) is 0 Å². The van der Waals surface area contributed by atoms with Crippen LogP contribution in [0.1, 0.15) is 0 Å². The van der Waals surface area contributed by atoms with Gasteiger partial charge >= 0.3 is 0 Å². The number of anilines is 1. The second-order valence-corrected chi connectivity index (χ2v) is 4.63. The van der Waals surface area contributed by atoms with Crippen molar-refractivity contribution in [1.29, 1.82) is 0 Å². The average Bonchev–Trinajstić information content (AvgIpc) is 2.59. The van der Waals surface area contributed by atoms with Gasteiger partial charge in [-0.1, -0.05) is 30.3 Å². The molecule has 0 radical (unpaired) electrons. The van der Waals surface area contributed by atoms with Gasteiger partial charge in [0, 0.05) is 0 Å². The summed E-state index contributed by atoms with van der Waals surface area (Å²) in [7, 11) is 1.52. The van der Waals surface area contributed by atoms with E-state index in [0.29, 0.717) is 17.2 Å². The molecular weight excluding hydrogens is 296 g/mol. The molecule has 120 valence electrons. The number of nitrogens with one attached hydrogen (secondary N) is 2. The highest BCUT2D eigenvalue weighted by Gasteiger charge is 2.09. The normalized spacial score (nSPS) is 9.78. The molecule has 0 aliphatic heterocycles. The number of hydrogen-bond acceptors (Lipinski definition) is 4. The fraction of sp³-hybridized carbons (Fsp3) is 0.176. The van der Waals surface area contributed by atoms with E-state index in [-0.39, 0.29) is 25.0 Å². The molecule has 0 saturated heterocycles. The minimum Gasteiger partial charge on any atom is -0.495 e. The van der Waals surface area contributed by atoms with Crippen LogP contribution in [-0.4, -0.2) is 32.1 Å². The summed E-state index contributed by atoms with van der Waals surface area (Å²) in [6.45, 7) is -0.291. The van der Waals surface area contributed by atoms with Crippen molar-refractivity contribution in [3.8, 4) is 11.5 Å². The molecule has 0 saturated carbocycles. The van der Waals surface area contributed by atoms with Gasteiger partial charge < -0.3 is 20.1 Å². The Bertz CT molecular complexity index is 659. The van der Waals surface area contributed by atoms with E-state index < -0.39 is 0 Å². The summed E-state index contributed by atoms with van der Waals surface area (Å²) in [4.78, 5) is 23.5. The Labute approximate surface area is 134 Å². The third kappa shape index (κ3) is 5.35. The largest absolute Gasteiger partial charge is 0.495 e. The highest BCUT2D eigenvalue weighted by Crippen LogP contribution is 2.22. The molecule has 0 aromatic heterocycles. The lowest BCUT2D eigenvalue weighted by atomic mass is 10.3. The summed E-state index contributed by atoms with van der Waals surface area (Å²) >= 11 is 0. The van der Waals surface area contributed by atoms with Crippen molar-refractivity contribution in [2.24, 2.45) is 0 Å². The number of ether oxygens (including phenoxy) is 2. The monoisotopic (exact) mass is 314 g/mol. The second kappa shape index (κ2) is 8.43. The van der Waals surface area contributed by atoms with Gasteiger partial charge in [-0.3, -0.25) is 9.59 Å². The standard InChI is InChI=1S/C17H18N2O4/c1-22-15-10-6-5-9-14(15)19-16(20)11-18-17(21)12-23-13-7-3-2-4-8-13/h2-10H,11-12H2,1H3,(H,18,21)(H,19,20). The minimum atomic E-state index is -0.371. The first-order valence-corrected chi connectivity index (χ1v) is 7.06. The Balaban J connectivity index is 1.74. The molecule has 2 amide bonds. The SMILES string of the molecule is COc1ccccc1NC(=O)CNC(=O)COc1ccccc1. The fourth-order valence-corrected chi connectivity index (χ4v) is 1.84. The molecule has 6 nitrogen and oxygen atoms in total. The molecule has 0 spiro atoms. The summed E-state index contributed by atoms with van der Waals surface area (Å²) in [5.74, 6) is 0.437. The van der Waals surface area contributed by atoms with Crippen molar-refractivity contribution in [2.45, 2.75) is 0 Å². The summed E-state index contributed by atoms with van der Waals surface area (Å²) in [5, 5.41) is 5.16. The van der Waals surface area contributed by atoms with Gasteiger partial charge in [-0.25, -0.2) is 0 Å². The van der Waals surface area contributed by atoms with Gasteiger partial charge in [-0.05, 0) is 24.3 Å². The number of hydrogen-bond donors (Lipinski definition) is 2. The van der Waals surface area contributed by atoms with E-state index in [2.05, 4.69) is 10.6 Å². The van der Waals surface area contributed by atoms with Crippen molar-refractivity contribution in [2.75, 3.05) is 25.6 Å². The van der Waals surface area contributed by atoms with Gasteiger partial charge in [0.1, 0.15) is 11.5 Å². The van der Waals surface area contributed by atoms with Crippen LogP contribution < -0.4 is 20.1 Å². The van der Waals surface area contributed by atoms with Crippen molar-refractivity contribution in [3.63, 3.8) is 0 Å². The highest BCUT2D eigenvalue weighted by atomic mass is 16.5. The number of methoxy groups -OCH3 is 1. The number of carbonyl (C=O) groups excluding carboxylic acids is 2. The fourth-order valence-electron chi connectivity index (χ4n) is 1.84. The van der Waals surface area contributed by atoms with E-state index >= 15 is 0 Å². The molecule has 2 rings (SSSR count). The molecule has 2 N–H and O–H groups in total. The third-order valence-corrected chi connectivity index (χ3v) is 2.94. The van der Waals surface area contributed by atoms with Gasteiger partial charge in [0.15, 0.2) is 6.61 Å². The van der Waals surface area contributed by atoms with Crippen LogP contribution in [0.5, 0.6) is 11.5 Å². The smallest absolute Gasteiger partial charge is 0.258 e. The van der Waals surface area contributed by atoms with E-state index in [1.807, 2.05) is 18.2 Å². The van der Waals surface area contributed by atoms with Gasteiger partial charge in [0.2, 0.25) is 5.91 Å². The average molecular weight is 314 g/mol. The van der Waals surface area contributed by atoms with Crippen LogP contribution in [0.15, 0.2) is 54.6 Å². The lowest BCUT2D eigenvalue weighted by Crippen LogP contribution is -2.35. The summed E-state index contributed by atoms with van der Waals surface area (Å²) in [5.41, 5.74) is 0.551. The van der Waals surface area contributed by atoms with Crippen LogP contribution in [0, 0.1) is 0 Å². The molecule has 6 heteroatoms. The molecule has 23 heavy (non-hydrogen) atoms. The van der Waals surface area contributed by atoms with E-state index in [0.717, 1.165) is 0 Å². The Morgan fingerprint density at radius 2 is 1.65 bits per heavy atom. The molecule has 0 atom stereocenters. The van der Waals surface area contributed by atoms with Crippen LogP contribution in [0.25, 0.3) is 0 Å². The topological polar surface area (TPSA) is 76.7 Å². The molecular formula is C17H18N2O4. The number of para-hydroxylation sites is 3. The first kappa shape index (κ1) is 16.4. The number of amides is 2. The molecule has 0 fully saturated rings. The zero-order chi connectivity index (χ0) is 16.5. The first-order chi connectivity index (χ1) is 11.2. The zero-order valence-corrected chi connectivity index (χ0v) is 12.7. The van der Waals surface area contributed by atoms with Crippen molar-refractivity contribution in [3.05, 3.63) is 54.6 Å². The molecule has 0 bridgehead atoms. The predicted molar refractivity (Wildman–Crippen MR) is 86.6 cm³/mol. The lowest BCUT2D eigenvalue weighted by molar-refractivity contribution is -0.125.